The fraction of sp³-hybridized carbons (Fsp3) is 0.706. The largest absolute Gasteiger partial charge is 0.358 e. The maximum Gasteiger partial charge on any atom is 0.230 e. The van der Waals surface area contributed by atoms with Crippen LogP contribution in [-0.2, 0) is 0 Å². The minimum atomic E-state index is 0.619. The molecule has 6 nitrogen and oxygen atoms in total. The van der Waals surface area contributed by atoms with Gasteiger partial charge >= 0.3 is 0 Å². The van der Waals surface area contributed by atoms with Gasteiger partial charge in [0.2, 0.25) is 16.3 Å². The molecule has 1 aromatic heterocycles. The van der Waals surface area contributed by atoms with Crippen molar-refractivity contribution in [2.75, 3.05) is 44.2 Å². The monoisotopic (exact) mass is 446 g/mol. The summed E-state index contributed by atoms with van der Waals surface area (Å²) in [5, 5.41) is 1.24. The third-order valence-corrected chi connectivity index (χ3v) is 6.64. The molecule has 0 N–H and O–H groups in total. The topological polar surface area (TPSA) is 48.4 Å². The van der Waals surface area contributed by atoms with Gasteiger partial charge in [-0.1, -0.05) is 24.4 Å². The van der Waals surface area contributed by atoms with Crippen molar-refractivity contribution in [1.29, 1.82) is 0 Å². The van der Waals surface area contributed by atoms with Crippen LogP contribution >= 0.6 is 48.0 Å². The predicted octanol–water partition coefficient (Wildman–Crippen LogP) is 4.16. The van der Waals surface area contributed by atoms with Crippen LogP contribution in [0.2, 0.25) is 0 Å². The van der Waals surface area contributed by atoms with Crippen LogP contribution in [0.4, 0.5) is 5.95 Å². The van der Waals surface area contributed by atoms with Crippen LogP contribution in [0, 0.1) is 0 Å². The molecule has 0 aliphatic rings. The summed E-state index contributed by atoms with van der Waals surface area (Å²) in [6, 6.07) is 0. The summed E-state index contributed by atoms with van der Waals surface area (Å²) in [6.45, 7) is 17.7. The van der Waals surface area contributed by atoms with E-state index in [2.05, 4.69) is 71.2 Å². The summed E-state index contributed by atoms with van der Waals surface area (Å²) in [7, 11) is 0. The van der Waals surface area contributed by atoms with Gasteiger partial charge in [0.25, 0.3) is 0 Å². The first-order valence-electron chi connectivity index (χ1n) is 9.38. The molecular weight excluding hydrogens is 416 g/mol. The normalized spacial score (nSPS) is 10.6. The van der Waals surface area contributed by atoms with Gasteiger partial charge in [0.15, 0.2) is 0 Å². The minimum absolute atomic E-state index is 0.619. The molecule has 152 valence electrons. The average Bonchev–Trinajstić information content (AvgIpc) is 2.64. The summed E-state index contributed by atoms with van der Waals surface area (Å²) in [4.78, 5) is 20.2. The predicted molar refractivity (Wildman–Crippen MR) is 126 cm³/mol. The van der Waals surface area contributed by atoms with Gasteiger partial charge in [-0.25, -0.2) is 0 Å². The zero-order chi connectivity index (χ0) is 20.4. The second-order valence-electron chi connectivity index (χ2n) is 5.45. The number of hydrogen-bond acceptors (Lipinski definition) is 8. The molecular formula is C17H30N6S4. The SMILES string of the molecule is CCN(CC)C(=S)Sc1nc(SC(=S)N(CC)CC)nc(N(CC)CC)n1. The van der Waals surface area contributed by atoms with Gasteiger partial charge in [0.1, 0.15) is 8.64 Å². The van der Waals surface area contributed by atoms with Crippen LogP contribution < -0.4 is 4.90 Å². The van der Waals surface area contributed by atoms with Gasteiger partial charge in [-0.2, -0.15) is 15.0 Å². The van der Waals surface area contributed by atoms with Crippen molar-refractivity contribution in [1.82, 2.24) is 24.8 Å². The molecule has 0 fully saturated rings. The number of hydrogen-bond donors (Lipinski definition) is 0. The molecule has 0 unspecified atom stereocenters. The van der Waals surface area contributed by atoms with E-state index >= 15 is 0 Å². The standard InChI is InChI=1S/C17H30N6S4/c1-7-21(8-2)13-18-14(26-16(24)22(9-3)10-4)20-15(19-13)27-17(25)23(11-5)12-6/h7-12H2,1-6H3. The summed E-state index contributed by atoms with van der Waals surface area (Å²) in [5.41, 5.74) is 0. The molecule has 0 amide bonds. The van der Waals surface area contributed by atoms with Crippen molar-refractivity contribution < 1.29 is 0 Å². The van der Waals surface area contributed by atoms with Gasteiger partial charge < -0.3 is 14.7 Å². The van der Waals surface area contributed by atoms with Crippen LogP contribution in [0.3, 0.4) is 0 Å². The lowest BCUT2D eigenvalue weighted by Gasteiger charge is -2.23. The van der Waals surface area contributed by atoms with Crippen LogP contribution in [0.1, 0.15) is 41.5 Å². The van der Waals surface area contributed by atoms with Gasteiger partial charge in [-0.3, -0.25) is 0 Å². The molecule has 1 rings (SSSR count). The third kappa shape index (κ3) is 7.32. The van der Waals surface area contributed by atoms with Crippen LogP contribution in [0.25, 0.3) is 0 Å². The zero-order valence-electron chi connectivity index (χ0n) is 17.1. The van der Waals surface area contributed by atoms with Crippen molar-refractivity contribution in [3.05, 3.63) is 0 Å². The van der Waals surface area contributed by atoms with Gasteiger partial charge in [0, 0.05) is 39.3 Å². The Bertz CT molecular complexity index is 571. The maximum absolute atomic E-state index is 5.57. The highest BCUT2D eigenvalue weighted by molar-refractivity contribution is 8.23. The highest BCUT2D eigenvalue weighted by Gasteiger charge is 2.17. The van der Waals surface area contributed by atoms with E-state index in [9.17, 15) is 0 Å². The Balaban J connectivity index is 3.16. The molecule has 27 heavy (non-hydrogen) atoms. The molecule has 1 aromatic rings. The molecule has 0 aliphatic carbocycles. The molecule has 0 saturated carbocycles. The molecule has 1 heterocycles. The Kier molecular flexibility index (Phi) is 11.4. The van der Waals surface area contributed by atoms with Crippen molar-refractivity contribution in [3.63, 3.8) is 0 Å². The lowest BCUT2D eigenvalue weighted by atomic mass is 10.5. The Morgan fingerprint density at radius 1 is 0.667 bits per heavy atom. The van der Waals surface area contributed by atoms with Gasteiger partial charge in [-0.15, -0.1) is 0 Å². The van der Waals surface area contributed by atoms with Gasteiger partial charge in [-0.05, 0) is 65.1 Å². The fourth-order valence-electron chi connectivity index (χ4n) is 2.32. The lowest BCUT2D eigenvalue weighted by molar-refractivity contribution is 0.482. The molecule has 0 radical (unpaired) electrons. The number of aromatic nitrogens is 3. The average molecular weight is 447 g/mol. The Labute approximate surface area is 182 Å². The highest BCUT2D eigenvalue weighted by Crippen LogP contribution is 2.25. The van der Waals surface area contributed by atoms with E-state index in [-0.39, 0.29) is 0 Å². The Morgan fingerprint density at radius 2 is 1.04 bits per heavy atom. The molecule has 0 bridgehead atoms. The lowest BCUT2D eigenvalue weighted by Crippen LogP contribution is -2.28. The molecule has 0 atom stereocenters. The summed E-state index contributed by atoms with van der Waals surface area (Å²) in [6.07, 6.45) is 0. The zero-order valence-corrected chi connectivity index (χ0v) is 20.3. The maximum atomic E-state index is 5.57. The summed E-state index contributed by atoms with van der Waals surface area (Å²) < 4.78 is 1.55. The van der Waals surface area contributed by atoms with E-state index in [0.29, 0.717) is 16.3 Å². The number of rotatable bonds is 9. The van der Waals surface area contributed by atoms with E-state index in [4.69, 9.17) is 24.4 Å². The Hall–Kier alpha value is -0.710. The van der Waals surface area contributed by atoms with Crippen LogP contribution in [0.15, 0.2) is 10.3 Å². The van der Waals surface area contributed by atoms with E-state index < -0.39 is 0 Å². The second kappa shape index (κ2) is 12.7. The quantitative estimate of drug-likeness (QED) is 0.408. The summed E-state index contributed by atoms with van der Waals surface area (Å²) >= 11 is 14.0. The summed E-state index contributed by atoms with van der Waals surface area (Å²) in [5.74, 6) is 0.671. The smallest absolute Gasteiger partial charge is 0.230 e. The molecule has 10 heteroatoms. The van der Waals surface area contributed by atoms with Crippen LogP contribution in [-0.4, -0.2) is 72.7 Å². The van der Waals surface area contributed by atoms with Gasteiger partial charge in [0.05, 0.1) is 0 Å². The van der Waals surface area contributed by atoms with E-state index in [1.54, 1.807) is 0 Å². The third-order valence-electron chi connectivity index (χ3n) is 4.03. The molecule has 0 spiro atoms. The number of anilines is 1. The van der Waals surface area contributed by atoms with Crippen molar-refractivity contribution in [3.8, 4) is 0 Å². The number of nitrogens with zero attached hydrogens (tertiary/aromatic N) is 6. The van der Waals surface area contributed by atoms with Crippen molar-refractivity contribution >= 4 is 62.5 Å². The highest BCUT2D eigenvalue weighted by atomic mass is 32.2. The minimum Gasteiger partial charge on any atom is -0.358 e. The fourth-order valence-corrected chi connectivity index (χ4v) is 4.94. The second-order valence-corrected chi connectivity index (χ2v) is 8.66. The number of thioether (sulfide) groups is 2. The first kappa shape index (κ1) is 24.3. The van der Waals surface area contributed by atoms with Crippen molar-refractivity contribution in [2.45, 2.75) is 51.9 Å². The molecule has 0 aromatic carbocycles. The number of thiocarbonyl (C=S) groups is 2. The van der Waals surface area contributed by atoms with E-state index in [1.165, 1.54) is 23.5 Å². The first-order valence-corrected chi connectivity index (χ1v) is 11.8. The van der Waals surface area contributed by atoms with E-state index in [0.717, 1.165) is 47.9 Å². The molecule has 0 saturated heterocycles. The van der Waals surface area contributed by atoms with E-state index in [1.807, 2.05) is 0 Å². The Morgan fingerprint density at radius 3 is 1.33 bits per heavy atom. The first-order chi connectivity index (χ1) is 12.9. The van der Waals surface area contributed by atoms with Crippen molar-refractivity contribution in [2.24, 2.45) is 0 Å². The molecule has 0 aliphatic heterocycles. The van der Waals surface area contributed by atoms with Crippen LogP contribution in [0.5, 0.6) is 0 Å².